The summed E-state index contributed by atoms with van der Waals surface area (Å²) < 4.78 is 0. The first-order valence-corrected chi connectivity index (χ1v) is 6.82. The van der Waals surface area contributed by atoms with E-state index in [1.54, 1.807) is 11.3 Å². The normalized spacial score (nSPS) is 12.5. The van der Waals surface area contributed by atoms with Gasteiger partial charge in [0.25, 0.3) is 0 Å². The fourth-order valence-electron chi connectivity index (χ4n) is 1.22. The molecule has 1 rings (SSSR count). The summed E-state index contributed by atoms with van der Waals surface area (Å²) in [5.74, 6) is 0.447. The smallest absolute Gasteiger partial charge is 0.315 e. The number of carbonyl (C=O) groups excluding carboxylic acids is 1. The predicted molar refractivity (Wildman–Crippen MR) is 71.4 cm³/mol. The summed E-state index contributed by atoms with van der Waals surface area (Å²) in [5, 5.41) is 8.84. The summed E-state index contributed by atoms with van der Waals surface area (Å²) in [6.45, 7) is 8.79. The molecule has 0 aromatic carbocycles. The average molecular weight is 255 g/mol. The maximum atomic E-state index is 11.5. The summed E-state index contributed by atoms with van der Waals surface area (Å²) in [7, 11) is 0. The van der Waals surface area contributed by atoms with Gasteiger partial charge in [-0.1, -0.05) is 13.8 Å². The quantitative estimate of drug-likeness (QED) is 0.848. The molecule has 0 aliphatic heterocycles. The molecule has 0 radical (unpaired) electrons. The van der Waals surface area contributed by atoms with Crippen molar-refractivity contribution in [3.63, 3.8) is 0 Å². The van der Waals surface area contributed by atoms with E-state index in [-0.39, 0.29) is 12.1 Å². The lowest BCUT2D eigenvalue weighted by atomic mass is 10.1. The number of hydrogen-bond acceptors (Lipinski definition) is 3. The van der Waals surface area contributed by atoms with Gasteiger partial charge in [-0.15, -0.1) is 11.3 Å². The molecule has 1 heterocycles. The molecule has 0 aliphatic carbocycles. The number of nitrogens with zero attached hydrogens (tertiary/aromatic N) is 1. The van der Waals surface area contributed by atoms with E-state index < -0.39 is 0 Å². The van der Waals surface area contributed by atoms with Crippen molar-refractivity contribution >= 4 is 17.4 Å². The molecule has 0 spiro atoms. The van der Waals surface area contributed by atoms with E-state index in [9.17, 15) is 4.79 Å². The zero-order valence-corrected chi connectivity index (χ0v) is 11.7. The topological polar surface area (TPSA) is 54.0 Å². The Kier molecular flexibility index (Phi) is 5.41. The minimum Gasteiger partial charge on any atom is -0.338 e. The van der Waals surface area contributed by atoms with E-state index in [2.05, 4.69) is 29.5 Å². The maximum Gasteiger partial charge on any atom is 0.315 e. The van der Waals surface area contributed by atoms with Gasteiger partial charge in [-0.25, -0.2) is 9.78 Å². The van der Waals surface area contributed by atoms with Crippen LogP contribution in [0.25, 0.3) is 0 Å². The van der Waals surface area contributed by atoms with E-state index in [0.717, 1.165) is 17.1 Å². The predicted octanol–water partition coefficient (Wildman–Crippen LogP) is 2.34. The Morgan fingerprint density at radius 3 is 2.71 bits per heavy atom. The zero-order chi connectivity index (χ0) is 12.8. The van der Waals surface area contributed by atoms with Crippen LogP contribution in [0.5, 0.6) is 0 Å². The van der Waals surface area contributed by atoms with Gasteiger partial charge < -0.3 is 10.6 Å². The number of urea groups is 1. The van der Waals surface area contributed by atoms with E-state index >= 15 is 0 Å². The highest BCUT2D eigenvalue weighted by Crippen LogP contribution is 2.08. The Morgan fingerprint density at radius 1 is 1.47 bits per heavy atom. The van der Waals surface area contributed by atoms with Crippen LogP contribution in [-0.2, 0) is 6.42 Å². The number of aryl methyl sites for hydroxylation is 1. The number of hydrogen-bond donors (Lipinski definition) is 2. The third kappa shape index (κ3) is 5.17. The third-order valence-electron chi connectivity index (χ3n) is 2.65. The second-order valence-corrected chi connectivity index (χ2v) is 5.51. The Bertz CT molecular complexity index is 362. The number of aromatic nitrogens is 1. The molecular formula is C12H21N3OS. The average Bonchev–Trinajstić information content (AvgIpc) is 2.64. The van der Waals surface area contributed by atoms with Gasteiger partial charge in [-0.2, -0.15) is 0 Å². The molecule has 0 saturated carbocycles. The van der Waals surface area contributed by atoms with Crippen molar-refractivity contribution in [3.8, 4) is 0 Å². The Hall–Kier alpha value is -1.10. The fraction of sp³-hybridized carbons (Fsp3) is 0.667. The van der Waals surface area contributed by atoms with Crippen LogP contribution in [0, 0.1) is 12.8 Å². The summed E-state index contributed by atoms with van der Waals surface area (Å²) in [6.07, 6.45) is 0.794. The number of nitrogens with one attached hydrogen (secondary N) is 2. The Labute approximate surface area is 107 Å². The summed E-state index contributed by atoms with van der Waals surface area (Å²) in [5.41, 5.74) is 1.04. The van der Waals surface area contributed by atoms with E-state index in [1.165, 1.54) is 0 Å². The van der Waals surface area contributed by atoms with Crippen LogP contribution in [-0.4, -0.2) is 23.6 Å². The van der Waals surface area contributed by atoms with Gasteiger partial charge in [0.15, 0.2) is 0 Å². The molecule has 1 atom stereocenters. The SMILES string of the molecule is Cc1csc(CCNC(=O)N[C@@H](C)C(C)C)n1. The highest BCUT2D eigenvalue weighted by Gasteiger charge is 2.09. The van der Waals surface area contributed by atoms with Gasteiger partial charge in [0.05, 0.1) is 5.01 Å². The van der Waals surface area contributed by atoms with Crippen LogP contribution in [0.3, 0.4) is 0 Å². The summed E-state index contributed by atoms with van der Waals surface area (Å²) in [6, 6.07) is 0.0941. The van der Waals surface area contributed by atoms with Crippen molar-refractivity contribution in [3.05, 3.63) is 16.1 Å². The molecule has 96 valence electrons. The standard InChI is InChI=1S/C12H21N3OS/c1-8(2)10(4)15-12(16)13-6-5-11-14-9(3)7-17-11/h7-8,10H,5-6H2,1-4H3,(H2,13,15,16)/t10-/m0/s1. The molecule has 17 heavy (non-hydrogen) atoms. The van der Waals surface area contributed by atoms with E-state index in [0.29, 0.717) is 12.5 Å². The van der Waals surface area contributed by atoms with Gasteiger partial charge in [0.1, 0.15) is 0 Å². The molecule has 1 aromatic heterocycles. The molecule has 2 amide bonds. The number of carbonyl (C=O) groups is 1. The third-order valence-corrected chi connectivity index (χ3v) is 3.68. The first-order chi connectivity index (χ1) is 7.99. The molecular weight excluding hydrogens is 234 g/mol. The molecule has 0 unspecified atom stereocenters. The molecule has 0 bridgehead atoms. The fourth-order valence-corrected chi connectivity index (χ4v) is 2.00. The minimum absolute atomic E-state index is 0.0977. The van der Waals surface area contributed by atoms with Crippen molar-refractivity contribution in [1.29, 1.82) is 0 Å². The van der Waals surface area contributed by atoms with Gasteiger partial charge in [-0.05, 0) is 19.8 Å². The Morgan fingerprint density at radius 2 is 2.18 bits per heavy atom. The van der Waals surface area contributed by atoms with Crippen LogP contribution in [0.2, 0.25) is 0 Å². The number of thiazole rings is 1. The largest absolute Gasteiger partial charge is 0.338 e. The van der Waals surface area contributed by atoms with Crippen molar-refractivity contribution < 1.29 is 4.79 Å². The molecule has 0 aliphatic rings. The van der Waals surface area contributed by atoms with Crippen LogP contribution in [0.4, 0.5) is 4.79 Å². The van der Waals surface area contributed by atoms with Crippen molar-refractivity contribution in [1.82, 2.24) is 15.6 Å². The maximum absolute atomic E-state index is 11.5. The molecule has 0 saturated heterocycles. The lowest BCUT2D eigenvalue weighted by Crippen LogP contribution is -2.43. The zero-order valence-electron chi connectivity index (χ0n) is 10.9. The second-order valence-electron chi connectivity index (χ2n) is 4.57. The number of amides is 2. The van der Waals surface area contributed by atoms with Crippen LogP contribution >= 0.6 is 11.3 Å². The van der Waals surface area contributed by atoms with E-state index in [1.807, 2.05) is 19.2 Å². The Balaban J connectivity index is 2.20. The first-order valence-electron chi connectivity index (χ1n) is 5.94. The molecule has 2 N–H and O–H groups in total. The van der Waals surface area contributed by atoms with Gasteiger partial charge in [0, 0.05) is 30.1 Å². The highest BCUT2D eigenvalue weighted by atomic mass is 32.1. The van der Waals surface area contributed by atoms with Crippen LogP contribution in [0.1, 0.15) is 31.5 Å². The van der Waals surface area contributed by atoms with Crippen molar-refractivity contribution in [2.24, 2.45) is 5.92 Å². The monoisotopic (exact) mass is 255 g/mol. The molecule has 5 heteroatoms. The van der Waals surface area contributed by atoms with Gasteiger partial charge in [-0.3, -0.25) is 0 Å². The van der Waals surface area contributed by atoms with Gasteiger partial charge in [0.2, 0.25) is 0 Å². The van der Waals surface area contributed by atoms with Crippen molar-refractivity contribution in [2.45, 2.75) is 40.2 Å². The van der Waals surface area contributed by atoms with Crippen LogP contribution < -0.4 is 10.6 Å². The van der Waals surface area contributed by atoms with E-state index in [4.69, 9.17) is 0 Å². The summed E-state index contributed by atoms with van der Waals surface area (Å²) in [4.78, 5) is 15.9. The van der Waals surface area contributed by atoms with Crippen LogP contribution in [0.15, 0.2) is 5.38 Å². The van der Waals surface area contributed by atoms with Crippen molar-refractivity contribution in [2.75, 3.05) is 6.54 Å². The molecule has 0 fully saturated rings. The first kappa shape index (κ1) is 14.0. The molecule has 1 aromatic rings. The molecule has 4 nitrogen and oxygen atoms in total. The minimum atomic E-state index is -0.0977. The lowest BCUT2D eigenvalue weighted by molar-refractivity contribution is 0.234. The highest BCUT2D eigenvalue weighted by molar-refractivity contribution is 7.09. The summed E-state index contributed by atoms with van der Waals surface area (Å²) >= 11 is 1.64. The lowest BCUT2D eigenvalue weighted by Gasteiger charge is -2.17. The second kappa shape index (κ2) is 6.59. The number of rotatable bonds is 5. The van der Waals surface area contributed by atoms with Gasteiger partial charge >= 0.3 is 6.03 Å².